The molecule has 0 N–H and O–H groups in total. The molecule has 2 aliphatic heterocycles. The quantitative estimate of drug-likeness (QED) is 0.148. The Balaban J connectivity index is 1.14. The zero-order valence-electron chi connectivity index (χ0n) is 37.3. The molecule has 0 atom stereocenters. The van der Waals surface area contributed by atoms with Gasteiger partial charge in [-0.2, -0.15) is 0 Å². The number of nitrogens with zero attached hydrogens (tertiary/aromatic N) is 1. The molecule has 11 aromatic rings. The van der Waals surface area contributed by atoms with Gasteiger partial charge in [0.25, 0.3) is 0 Å². The van der Waals surface area contributed by atoms with Gasteiger partial charge in [-0.3, -0.25) is 0 Å². The Labute approximate surface area is 398 Å². The predicted molar refractivity (Wildman–Crippen MR) is 285 cm³/mol. The van der Waals surface area contributed by atoms with Crippen molar-refractivity contribution in [2.75, 3.05) is 4.90 Å². The minimum absolute atomic E-state index is 0.678. The minimum atomic E-state index is -3.13. The number of hydrogen-bond donors (Lipinski definition) is 0. The maximum atomic E-state index is 6.86. The molecule has 2 heterocycles. The lowest BCUT2D eigenvalue weighted by atomic mass is 9.63. The first kappa shape index (κ1) is 39.8. The fraction of sp³-hybridized carbons (Fsp3) is 0.0154. The smallest absolute Gasteiger partial charge is 0.180 e. The summed E-state index contributed by atoms with van der Waals surface area (Å²) in [4.78, 5) is 2.49. The van der Waals surface area contributed by atoms with Gasteiger partial charge in [-0.05, 0) is 102 Å². The van der Waals surface area contributed by atoms with E-state index < -0.39 is 13.5 Å². The summed E-state index contributed by atoms with van der Waals surface area (Å²) in [6.45, 7) is 0. The lowest BCUT2D eigenvalue weighted by Gasteiger charge is -2.51. The van der Waals surface area contributed by atoms with E-state index in [-0.39, 0.29) is 0 Å². The van der Waals surface area contributed by atoms with Crippen LogP contribution >= 0.6 is 0 Å². The van der Waals surface area contributed by atoms with Crippen molar-refractivity contribution in [2.45, 2.75) is 5.41 Å². The molecule has 320 valence electrons. The highest BCUT2D eigenvalue weighted by Crippen LogP contribution is 2.56. The molecule has 0 saturated carbocycles. The van der Waals surface area contributed by atoms with Crippen LogP contribution in [0.3, 0.4) is 0 Å². The van der Waals surface area contributed by atoms with Gasteiger partial charge in [-0.15, -0.1) is 0 Å². The predicted octanol–water partition coefficient (Wildman–Crippen LogP) is 13.8. The third-order valence-electron chi connectivity index (χ3n) is 14.5. The monoisotopic (exact) mass is 883 g/mol. The van der Waals surface area contributed by atoms with Crippen molar-refractivity contribution in [1.82, 2.24) is 0 Å². The molecule has 68 heavy (non-hydrogen) atoms. The summed E-state index contributed by atoms with van der Waals surface area (Å²) in [5.74, 6) is 1.77. The van der Waals surface area contributed by atoms with Crippen LogP contribution in [0.2, 0.25) is 0 Å². The maximum Gasteiger partial charge on any atom is 0.180 e. The Hall–Kier alpha value is -8.50. The van der Waals surface area contributed by atoms with Crippen molar-refractivity contribution >= 4 is 56.7 Å². The lowest BCUT2D eigenvalue weighted by molar-refractivity contribution is 0.435. The molecule has 0 aliphatic carbocycles. The highest BCUT2D eigenvalue weighted by molar-refractivity contribution is 7.20. The molecule has 2 nitrogen and oxygen atoms in total. The molecule has 0 unspecified atom stereocenters. The number of benzene rings is 11. The van der Waals surface area contributed by atoms with Crippen LogP contribution in [0.1, 0.15) is 22.3 Å². The van der Waals surface area contributed by atoms with Crippen molar-refractivity contribution in [1.29, 1.82) is 0 Å². The van der Waals surface area contributed by atoms with Crippen LogP contribution in [0.15, 0.2) is 273 Å². The number of anilines is 3. The normalized spacial score (nSPS) is 13.6. The second kappa shape index (κ2) is 16.1. The molecule has 0 amide bonds. The fourth-order valence-electron chi connectivity index (χ4n) is 11.7. The first-order chi connectivity index (χ1) is 33.7. The Bertz CT molecular complexity index is 3570. The summed E-state index contributed by atoms with van der Waals surface area (Å²) < 4.78 is 6.86. The molecule has 13 rings (SSSR count). The molecule has 11 aromatic carbocycles. The van der Waals surface area contributed by atoms with E-state index in [0.29, 0.717) is 0 Å². The highest BCUT2D eigenvalue weighted by Gasteiger charge is 2.57. The van der Waals surface area contributed by atoms with E-state index in [1.807, 2.05) is 0 Å². The van der Waals surface area contributed by atoms with Gasteiger partial charge < -0.3 is 9.64 Å². The zero-order chi connectivity index (χ0) is 45.1. The maximum absolute atomic E-state index is 6.86. The second-order valence-electron chi connectivity index (χ2n) is 17.9. The second-order valence-corrected chi connectivity index (χ2v) is 21.6. The molecule has 0 radical (unpaired) electrons. The molecule has 0 saturated heterocycles. The van der Waals surface area contributed by atoms with Crippen molar-refractivity contribution in [3.8, 4) is 33.8 Å². The summed E-state index contributed by atoms with van der Waals surface area (Å²) in [5, 5.41) is 7.90. The number of fused-ring (bicyclic) bond motifs is 9. The Morgan fingerprint density at radius 1 is 0.338 bits per heavy atom. The van der Waals surface area contributed by atoms with E-state index in [9.17, 15) is 0 Å². The summed E-state index contributed by atoms with van der Waals surface area (Å²) in [7, 11) is -3.13. The molecule has 0 fully saturated rings. The molecule has 0 aromatic heterocycles. The third-order valence-corrected chi connectivity index (χ3v) is 19.3. The number of para-hydroxylation sites is 3. The van der Waals surface area contributed by atoms with Gasteiger partial charge in [0.1, 0.15) is 11.5 Å². The van der Waals surface area contributed by atoms with Gasteiger partial charge in [0, 0.05) is 28.1 Å². The van der Waals surface area contributed by atoms with Crippen molar-refractivity contribution in [2.24, 2.45) is 0 Å². The van der Waals surface area contributed by atoms with Crippen molar-refractivity contribution in [3.63, 3.8) is 0 Å². The minimum Gasteiger partial charge on any atom is -0.457 e. The summed E-state index contributed by atoms with van der Waals surface area (Å²) >= 11 is 0. The topological polar surface area (TPSA) is 12.5 Å². The molecule has 1 spiro atoms. The average molecular weight is 884 g/mol. The molecular formula is C65H45NOSi. The van der Waals surface area contributed by atoms with Crippen LogP contribution in [0.4, 0.5) is 17.1 Å². The molecule has 0 bridgehead atoms. The summed E-state index contributed by atoms with van der Waals surface area (Å²) in [6, 6.07) is 101. The first-order valence-corrected chi connectivity index (χ1v) is 25.5. The van der Waals surface area contributed by atoms with Crippen molar-refractivity contribution in [3.05, 3.63) is 295 Å². The number of ether oxygens (including phenoxy) is 1. The van der Waals surface area contributed by atoms with E-state index in [4.69, 9.17) is 4.74 Å². The molecule has 3 heteroatoms. The van der Waals surface area contributed by atoms with Crippen LogP contribution in [-0.4, -0.2) is 8.07 Å². The number of hydrogen-bond acceptors (Lipinski definition) is 2. The van der Waals surface area contributed by atoms with Gasteiger partial charge in [0.2, 0.25) is 0 Å². The van der Waals surface area contributed by atoms with Crippen LogP contribution in [0.25, 0.3) is 33.0 Å². The van der Waals surface area contributed by atoms with E-state index in [2.05, 4.69) is 278 Å². The molecular weight excluding hydrogens is 839 g/mol. The van der Waals surface area contributed by atoms with E-state index >= 15 is 0 Å². The average Bonchev–Trinajstić information content (AvgIpc) is 3.42. The highest BCUT2D eigenvalue weighted by atomic mass is 28.3. The third kappa shape index (κ3) is 5.96. The standard InChI is InChI=1S/C65H45NOSi/c1-4-21-47(22-5-1)55-30-12-16-35-60(55)66(49-41-39-48(40-42-49)54-31-20-24-46-23-10-11-29-53(46)54)50-43-44-59-64(45-50)68(51-25-6-2-7-26-51,52-27-8-3-9-28-52)63-38-19-15-34-58(63)65(59)56-32-13-17-36-61(56)67-62-37-18-14-33-57(62)65/h1-45H. The van der Waals surface area contributed by atoms with E-state index in [1.54, 1.807) is 0 Å². The van der Waals surface area contributed by atoms with Crippen LogP contribution in [-0.2, 0) is 5.41 Å². The van der Waals surface area contributed by atoms with Gasteiger partial charge in [0.05, 0.1) is 11.1 Å². The van der Waals surface area contributed by atoms with Crippen LogP contribution in [0, 0.1) is 0 Å². The number of rotatable bonds is 7. The van der Waals surface area contributed by atoms with Crippen LogP contribution in [0.5, 0.6) is 11.5 Å². The van der Waals surface area contributed by atoms with Gasteiger partial charge in [-0.25, -0.2) is 0 Å². The fourth-order valence-corrected chi connectivity index (χ4v) is 17.0. The van der Waals surface area contributed by atoms with Crippen LogP contribution < -0.4 is 30.4 Å². The van der Waals surface area contributed by atoms with E-state index in [1.165, 1.54) is 59.3 Å². The molecule has 2 aliphatic rings. The Morgan fingerprint density at radius 2 is 0.838 bits per heavy atom. The van der Waals surface area contributed by atoms with Gasteiger partial charge in [0.15, 0.2) is 8.07 Å². The van der Waals surface area contributed by atoms with Gasteiger partial charge >= 0.3 is 0 Å². The largest absolute Gasteiger partial charge is 0.457 e. The summed E-state index contributed by atoms with van der Waals surface area (Å²) in [6.07, 6.45) is 0. The van der Waals surface area contributed by atoms with Gasteiger partial charge in [-0.1, -0.05) is 231 Å². The zero-order valence-corrected chi connectivity index (χ0v) is 38.3. The van der Waals surface area contributed by atoms with E-state index in [0.717, 1.165) is 45.3 Å². The Kier molecular flexibility index (Phi) is 9.45. The lowest BCUT2D eigenvalue weighted by Crippen LogP contribution is -2.79. The SMILES string of the molecule is c1ccc(-c2ccccc2N(c2ccc(-c3cccc4ccccc34)cc2)c2ccc3c(c2)[Si](c2ccccc2)(c2ccccc2)c2ccccc2C32c3ccccc3Oc3ccccc32)cc1. The first-order valence-electron chi connectivity index (χ1n) is 23.5. The van der Waals surface area contributed by atoms with Crippen molar-refractivity contribution < 1.29 is 4.74 Å². The summed E-state index contributed by atoms with van der Waals surface area (Å²) in [5.41, 5.74) is 12.2. The Morgan fingerprint density at radius 3 is 1.54 bits per heavy atom.